The molecule has 3 nitrogen and oxygen atoms in total. The Labute approximate surface area is 103 Å². The molecule has 0 aromatic heterocycles. The van der Waals surface area contributed by atoms with Gasteiger partial charge in [-0.05, 0) is 31.7 Å². The maximum atomic E-state index is 9.60. The van der Waals surface area contributed by atoms with Gasteiger partial charge in [-0.2, -0.15) is 5.06 Å². The summed E-state index contributed by atoms with van der Waals surface area (Å²) >= 11 is 0. The predicted molar refractivity (Wildman–Crippen MR) is 66.8 cm³/mol. The van der Waals surface area contributed by atoms with E-state index < -0.39 is 0 Å². The van der Waals surface area contributed by atoms with Crippen LogP contribution < -0.4 is 0 Å². The molecule has 0 radical (unpaired) electrons. The smallest absolute Gasteiger partial charge is 0.0720 e. The van der Waals surface area contributed by atoms with E-state index in [2.05, 4.69) is 19.1 Å². The molecular weight excluding hydrogens is 214 g/mol. The van der Waals surface area contributed by atoms with Gasteiger partial charge in [0.1, 0.15) is 0 Å². The van der Waals surface area contributed by atoms with Crippen molar-refractivity contribution in [3.05, 3.63) is 35.9 Å². The fourth-order valence-electron chi connectivity index (χ4n) is 2.32. The van der Waals surface area contributed by atoms with E-state index in [1.54, 1.807) is 0 Å². The van der Waals surface area contributed by atoms with Crippen LogP contribution in [0.25, 0.3) is 0 Å². The Kier molecular flexibility index (Phi) is 4.54. The standard InChI is InChI=1S/C14H21NO2/c1-12(10-14-8-5-9-15(14)16)17-11-13-6-3-2-4-7-13/h2-4,6-7,12,14,16H,5,8-11H2,1H3/t12-,14-/m0/s1. The molecular formula is C14H21NO2. The lowest BCUT2D eigenvalue weighted by Gasteiger charge is -2.21. The third kappa shape index (κ3) is 3.80. The molecule has 0 amide bonds. The molecule has 1 N–H and O–H groups in total. The minimum Gasteiger partial charge on any atom is -0.374 e. The molecule has 17 heavy (non-hydrogen) atoms. The Morgan fingerprint density at radius 3 is 2.82 bits per heavy atom. The maximum Gasteiger partial charge on any atom is 0.0720 e. The Balaban J connectivity index is 1.72. The molecule has 1 aromatic carbocycles. The minimum atomic E-state index is 0.188. The van der Waals surface area contributed by atoms with Crippen LogP contribution in [-0.2, 0) is 11.3 Å². The van der Waals surface area contributed by atoms with Crippen LogP contribution in [0.1, 0.15) is 31.7 Å². The number of benzene rings is 1. The number of rotatable bonds is 5. The summed E-state index contributed by atoms with van der Waals surface area (Å²) in [5.41, 5.74) is 1.20. The molecule has 0 aliphatic carbocycles. The second-order valence-electron chi connectivity index (χ2n) is 4.80. The van der Waals surface area contributed by atoms with Crippen molar-refractivity contribution in [1.82, 2.24) is 5.06 Å². The molecule has 0 spiro atoms. The van der Waals surface area contributed by atoms with Gasteiger partial charge in [0.05, 0.1) is 12.7 Å². The van der Waals surface area contributed by atoms with E-state index in [0.29, 0.717) is 6.61 Å². The second kappa shape index (κ2) is 6.15. The molecule has 1 saturated heterocycles. The van der Waals surface area contributed by atoms with Crippen molar-refractivity contribution in [2.45, 2.75) is 44.9 Å². The van der Waals surface area contributed by atoms with Crippen molar-refractivity contribution in [2.75, 3.05) is 6.54 Å². The predicted octanol–water partition coefficient (Wildman–Crippen LogP) is 2.84. The van der Waals surface area contributed by atoms with Crippen molar-refractivity contribution in [3.63, 3.8) is 0 Å². The van der Waals surface area contributed by atoms with Gasteiger partial charge < -0.3 is 9.94 Å². The van der Waals surface area contributed by atoms with Crippen LogP contribution in [0.5, 0.6) is 0 Å². The molecule has 2 rings (SSSR count). The van der Waals surface area contributed by atoms with Gasteiger partial charge >= 0.3 is 0 Å². The monoisotopic (exact) mass is 235 g/mol. The molecule has 1 aliphatic heterocycles. The minimum absolute atomic E-state index is 0.188. The summed E-state index contributed by atoms with van der Waals surface area (Å²) in [5, 5.41) is 11.1. The van der Waals surface area contributed by atoms with Crippen molar-refractivity contribution in [3.8, 4) is 0 Å². The summed E-state index contributed by atoms with van der Waals surface area (Å²) in [6, 6.07) is 10.5. The lowest BCUT2D eigenvalue weighted by atomic mass is 10.1. The first-order valence-corrected chi connectivity index (χ1v) is 6.37. The molecule has 0 saturated carbocycles. The maximum absolute atomic E-state index is 9.60. The lowest BCUT2D eigenvalue weighted by molar-refractivity contribution is -0.114. The van der Waals surface area contributed by atoms with Crippen LogP contribution in [0.15, 0.2) is 30.3 Å². The fourth-order valence-corrected chi connectivity index (χ4v) is 2.32. The van der Waals surface area contributed by atoms with E-state index in [9.17, 15) is 5.21 Å². The summed E-state index contributed by atoms with van der Waals surface area (Å²) in [6.45, 7) is 3.53. The number of hydrogen-bond donors (Lipinski definition) is 1. The molecule has 3 heteroatoms. The van der Waals surface area contributed by atoms with Gasteiger partial charge in [-0.3, -0.25) is 0 Å². The zero-order valence-electron chi connectivity index (χ0n) is 10.4. The van der Waals surface area contributed by atoms with Gasteiger partial charge in [0, 0.05) is 12.6 Å². The number of ether oxygens (including phenoxy) is 1. The van der Waals surface area contributed by atoms with Crippen LogP contribution in [0.3, 0.4) is 0 Å². The number of hydrogen-bond acceptors (Lipinski definition) is 3. The van der Waals surface area contributed by atoms with Crippen molar-refractivity contribution in [1.29, 1.82) is 0 Å². The van der Waals surface area contributed by atoms with E-state index in [1.807, 2.05) is 18.2 Å². The lowest BCUT2D eigenvalue weighted by Crippen LogP contribution is -2.29. The second-order valence-corrected chi connectivity index (χ2v) is 4.80. The topological polar surface area (TPSA) is 32.7 Å². The Bertz CT molecular complexity index is 328. The summed E-state index contributed by atoms with van der Waals surface area (Å²) in [4.78, 5) is 0. The zero-order valence-corrected chi connectivity index (χ0v) is 10.4. The van der Waals surface area contributed by atoms with Crippen LogP contribution in [0, 0.1) is 0 Å². The fraction of sp³-hybridized carbons (Fsp3) is 0.571. The highest BCUT2D eigenvalue weighted by atomic mass is 16.5. The van der Waals surface area contributed by atoms with E-state index >= 15 is 0 Å². The van der Waals surface area contributed by atoms with E-state index in [4.69, 9.17) is 4.74 Å². The Hall–Kier alpha value is -0.900. The third-order valence-electron chi connectivity index (χ3n) is 3.33. The highest BCUT2D eigenvalue weighted by Gasteiger charge is 2.24. The largest absolute Gasteiger partial charge is 0.374 e. The van der Waals surface area contributed by atoms with Gasteiger partial charge in [-0.1, -0.05) is 30.3 Å². The molecule has 94 valence electrons. The summed E-state index contributed by atoms with van der Waals surface area (Å²) in [6.07, 6.45) is 3.26. The normalized spacial score (nSPS) is 22.8. The molecule has 1 aliphatic rings. The molecule has 1 aromatic rings. The first-order chi connectivity index (χ1) is 8.25. The quantitative estimate of drug-likeness (QED) is 0.851. The van der Waals surface area contributed by atoms with Crippen LogP contribution in [-0.4, -0.2) is 29.0 Å². The summed E-state index contributed by atoms with van der Waals surface area (Å²) in [7, 11) is 0. The van der Waals surface area contributed by atoms with E-state index in [0.717, 1.165) is 25.8 Å². The van der Waals surface area contributed by atoms with Gasteiger partial charge in [-0.15, -0.1) is 0 Å². The zero-order chi connectivity index (χ0) is 12.1. The molecule has 0 bridgehead atoms. The van der Waals surface area contributed by atoms with Crippen LogP contribution in [0.4, 0.5) is 0 Å². The van der Waals surface area contributed by atoms with Gasteiger partial charge in [-0.25, -0.2) is 0 Å². The molecule has 0 unspecified atom stereocenters. The average molecular weight is 235 g/mol. The first kappa shape index (κ1) is 12.6. The molecule has 1 heterocycles. The Morgan fingerprint density at radius 2 is 2.18 bits per heavy atom. The highest BCUT2D eigenvalue weighted by Crippen LogP contribution is 2.20. The molecule has 2 atom stereocenters. The SMILES string of the molecule is C[C@@H](C[C@@H]1CCCN1O)OCc1ccccc1. The average Bonchev–Trinajstić information content (AvgIpc) is 2.74. The third-order valence-corrected chi connectivity index (χ3v) is 3.33. The first-order valence-electron chi connectivity index (χ1n) is 6.37. The number of nitrogens with zero attached hydrogens (tertiary/aromatic N) is 1. The van der Waals surface area contributed by atoms with Gasteiger partial charge in [0.2, 0.25) is 0 Å². The van der Waals surface area contributed by atoms with Crippen LogP contribution in [0.2, 0.25) is 0 Å². The van der Waals surface area contributed by atoms with E-state index in [1.165, 1.54) is 10.6 Å². The van der Waals surface area contributed by atoms with Crippen LogP contribution >= 0.6 is 0 Å². The summed E-state index contributed by atoms with van der Waals surface area (Å²) < 4.78 is 5.80. The molecule has 1 fully saturated rings. The van der Waals surface area contributed by atoms with E-state index in [-0.39, 0.29) is 12.1 Å². The Morgan fingerprint density at radius 1 is 1.41 bits per heavy atom. The van der Waals surface area contributed by atoms with Gasteiger partial charge in [0.15, 0.2) is 0 Å². The van der Waals surface area contributed by atoms with Crippen molar-refractivity contribution >= 4 is 0 Å². The van der Waals surface area contributed by atoms with Gasteiger partial charge in [0.25, 0.3) is 0 Å². The highest BCUT2D eigenvalue weighted by molar-refractivity contribution is 5.13. The van der Waals surface area contributed by atoms with Crippen molar-refractivity contribution < 1.29 is 9.94 Å². The summed E-state index contributed by atoms with van der Waals surface area (Å²) in [5.74, 6) is 0. The number of hydroxylamine groups is 2. The van der Waals surface area contributed by atoms with Crippen molar-refractivity contribution in [2.24, 2.45) is 0 Å².